The number of pyridine rings is 1. The fraction of sp³-hybridized carbons (Fsp3) is 0.583. The van der Waals surface area contributed by atoms with E-state index in [0.29, 0.717) is 53.5 Å². The molecule has 9 heteroatoms. The molecule has 0 radical (unpaired) electrons. The summed E-state index contributed by atoms with van der Waals surface area (Å²) in [6, 6.07) is 1.83. The van der Waals surface area contributed by atoms with Crippen molar-refractivity contribution in [2.75, 3.05) is 38.2 Å². The lowest BCUT2D eigenvalue weighted by Crippen LogP contribution is -2.32. The highest BCUT2D eigenvalue weighted by Gasteiger charge is 2.24. The van der Waals surface area contributed by atoms with E-state index in [4.69, 9.17) is 26.1 Å². The molecule has 1 unspecified atom stereocenters. The molecule has 2 saturated heterocycles. The van der Waals surface area contributed by atoms with E-state index in [1.165, 1.54) is 0 Å². The SMILES string of the molecule is C[C@@H]1CC(CNc2cncc(-c3cc(CC(=O)[C@H]4CNCCOC4)ncc3Cl)n2)C[C@H](C)O1. The molecular formula is C24H32ClN5O3. The largest absolute Gasteiger partial charge is 0.379 e. The summed E-state index contributed by atoms with van der Waals surface area (Å²) < 4.78 is 11.3. The first-order chi connectivity index (χ1) is 16.0. The van der Waals surface area contributed by atoms with Crippen molar-refractivity contribution in [1.82, 2.24) is 20.3 Å². The van der Waals surface area contributed by atoms with E-state index in [2.05, 4.69) is 34.4 Å². The molecule has 2 fully saturated rings. The van der Waals surface area contributed by atoms with Crippen molar-refractivity contribution >= 4 is 23.2 Å². The van der Waals surface area contributed by atoms with Crippen molar-refractivity contribution in [2.45, 2.75) is 45.3 Å². The molecule has 33 heavy (non-hydrogen) atoms. The minimum Gasteiger partial charge on any atom is -0.379 e. The summed E-state index contributed by atoms with van der Waals surface area (Å²) in [5, 5.41) is 7.13. The average Bonchev–Trinajstić information content (AvgIpc) is 3.08. The summed E-state index contributed by atoms with van der Waals surface area (Å²) >= 11 is 6.44. The van der Waals surface area contributed by atoms with E-state index in [1.807, 2.05) is 6.07 Å². The smallest absolute Gasteiger partial charge is 0.145 e. The molecule has 0 aliphatic carbocycles. The van der Waals surface area contributed by atoms with Crippen LogP contribution >= 0.6 is 11.6 Å². The third-order valence-corrected chi connectivity index (χ3v) is 6.43. The highest BCUT2D eigenvalue weighted by Crippen LogP contribution is 2.28. The molecule has 178 valence electrons. The second-order valence-corrected chi connectivity index (χ2v) is 9.45. The van der Waals surface area contributed by atoms with Crippen LogP contribution in [-0.4, -0.2) is 65.8 Å². The number of carbonyl (C=O) groups excluding carboxylic acids is 1. The zero-order chi connectivity index (χ0) is 23.2. The fourth-order valence-corrected chi connectivity index (χ4v) is 4.75. The molecule has 0 aromatic carbocycles. The van der Waals surface area contributed by atoms with Crippen LogP contribution in [-0.2, 0) is 20.7 Å². The van der Waals surface area contributed by atoms with Gasteiger partial charge in [0.1, 0.15) is 11.6 Å². The van der Waals surface area contributed by atoms with E-state index in [9.17, 15) is 4.79 Å². The molecule has 0 amide bonds. The topological polar surface area (TPSA) is 98.3 Å². The Labute approximate surface area is 199 Å². The van der Waals surface area contributed by atoms with Gasteiger partial charge < -0.3 is 20.1 Å². The Bertz CT molecular complexity index is 941. The van der Waals surface area contributed by atoms with Gasteiger partial charge in [0.05, 0.1) is 54.4 Å². The van der Waals surface area contributed by atoms with Crippen LogP contribution in [0.15, 0.2) is 24.7 Å². The van der Waals surface area contributed by atoms with Crippen LogP contribution in [0.25, 0.3) is 11.3 Å². The van der Waals surface area contributed by atoms with Gasteiger partial charge in [-0.15, -0.1) is 0 Å². The minimum absolute atomic E-state index is 0.103. The molecule has 2 aromatic heterocycles. The van der Waals surface area contributed by atoms with Crippen LogP contribution in [0.2, 0.25) is 5.02 Å². The maximum atomic E-state index is 12.7. The Morgan fingerprint density at radius 1 is 1.24 bits per heavy atom. The monoisotopic (exact) mass is 473 g/mol. The zero-order valence-corrected chi connectivity index (χ0v) is 20.0. The highest BCUT2D eigenvalue weighted by atomic mass is 35.5. The van der Waals surface area contributed by atoms with Gasteiger partial charge in [-0.1, -0.05) is 11.6 Å². The van der Waals surface area contributed by atoms with Crippen LogP contribution < -0.4 is 10.6 Å². The van der Waals surface area contributed by atoms with Crippen molar-refractivity contribution in [3.8, 4) is 11.3 Å². The van der Waals surface area contributed by atoms with Crippen LogP contribution in [0.5, 0.6) is 0 Å². The molecule has 0 bridgehead atoms. The second kappa shape index (κ2) is 11.3. The number of hydrogen-bond donors (Lipinski definition) is 2. The molecule has 4 heterocycles. The first-order valence-corrected chi connectivity index (χ1v) is 12.0. The highest BCUT2D eigenvalue weighted by molar-refractivity contribution is 6.33. The van der Waals surface area contributed by atoms with Gasteiger partial charge in [-0.2, -0.15) is 0 Å². The van der Waals surface area contributed by atoms with E-state index in [1.54, 1.807) is 18.6 Å². The summed E-state index contributed by atoms with van der Waals surface area (Å²) in [5.74, 6) is 1.16. The maximum Gasteiger partial charge on any atom is 0.145 e. The van der Waals surface area contributed by atoms with Gasteiger partial charge >= 0.3 is 0 Å². The normalized spacial score (nSPS) is 25.9. The summed E-state index contributed by atoms with van der Waals surface area (Å²) in [5.41, 5.74) is 2.03. The predicted molar refractivity (Wildman–Crippen MR) is 127 cm³/mol. The van der Waals surface area contributed by atoms with Crippen LogP contribution in [0.3, 0.4) is 0 Å². The molecule has 2 N–H and O–H groups in total. The standard InChI is InChI=1S/C24H32ClN5O3/c1-15-5-17(6-16(2)33-15)9-29-24-13-27-12-22(30-24)20-7-19(28-11-21(20)25)8-23(31)18-10-26-3-4-32-14-18/h7,11-13,15-18,26H,3-6,8-10,14H2,1-2H3,(H,29,30)/t15-,16+,17?,18-/m0/s1. The van der Waals surface area contributed by atoms with Crippen LogP contribution in [0.4, 0.5) is 5.82 Å². The van der Waals surface area contributed by atoms with Gasteiger partial charge in [0.25, 0.3) is 0 Å². The third kappa shape index (κ3) is 6.69. The number of nitrogens with one attached hydrogen (secondary N) is 2. The summed E-state index contributed by atoms with van der Waals surface area (Å²) in [7, 11) is 0. The van der Waals surface area contributed by atoms with Crippen molar-refractivity contribution in [1.29, 1.82) is 0 Å². The molecule has 4 rings (SSSR count). The molecule has 0 spiro atoms. The van der Waals surface area contributed by atoms with Crippen molar-refractivity contribution in [3.63, 3.8) is 0 Å². The average molecular weight is 474 g/mol. The zero-order valence-electron chi connectivity index (χ0n) is 19.2. The van der Waals surface area contributed by atoms with Gasteiger partial charge in [-0.05, 0) is 38.7 Å². The number of hydrogen-bond acceptors (Lipinski definition) is 8. The molecular weight excluding hydrogens is 442 g/mol. The first-order valence-electron chi connectivity index (χ1n) is 11.6. The van der Waals surface area contributed by atoms with Gasteiger partial charge in [-0.3, -0.25) is 14.8 Å². The number of Topliss-reactive ketones (excluding diaryl/α,β-unsaturated/α-hetero) is 1. The Morgan fingerprint density at radius 3 is 2.88 bits per heavy atom. The number of halogens is 1. The lowest BCUT2D eigenvalue weighted by Gasteiger charge is -2.32. The Balaban J connectivity index is 1.43. The molecule has 2 aliphatic heterocycles. The van der Waals surface area contributed by atoms with E-state index >= 15 is 0 Å². The fourth-order valence-electron chi connectivity index (χ4n) is 4.55. The number of nitrogens with zero attached hydrogens (tertiary/aromatic N) is 3. The van der Waals surface area contributed by atoms with Crippen LogP contribution in [0.1, 0.15) is 32.4 Å². The number of aromatic nitrogens is 3. The summed E-state index contributed by atoms with van der Waals surface area (Å²) in [4.78, 5) is 26.2. The quantitative estimate of drug-likeness (QED) is 0.632. The Kier molecular flexibility index (Phi) is 8.25. The molecule has 2 aromatic rings. The van der Waals surface area contributed by atoms with Crippen molar-refractivity contribution in [2.24, 2.45) is 11.8 Å². The van der Waals surface area contributed by atoms with E-state index < -0.39 is 0 Å². The lowest BCUT2D eigenvalue weighted by molar-refractivity contribution is -0.123. The van der Waals surface area contributed by atoms with E-state index in [-0.39, 0.29) is 30.3 Å². The number of rotatable bonds is 7. The predicted octanol–water partition coefficient (Wildman–Crippen LogP) is 3.16. The minimum atomic E-state index is -0.170. The molecule has 8 nitrogen and oxygen atoms in total. The Morgan fingerprint density at radius 2 is 2.06 bits per heavy atom. The Hall–Kier alpha value is -2.13. The third-order valence-electron chi connectivity index (χ3n) is 6.13. The summed E-state index contributed by atoms with van der Waals surface area (Å²) in [6.45, 7) is 7.52. The number of ketones is 1. The van der Waals surface area contributed by atoms with Gasteiger partial charge in [-0.25, -0.2) is 4.98 Å². The lowest BCUT2D eigenvalue weighted by atomic mass is 9.92. The van der Waals surface area contributed by atoms with Gasteiger partial charge in [0, 0.05) is 43.5 Å². The molecule has 0 saturated carbocycles. The molecule has 4 atom stereocenters. The maximum absolute atomic E-state index is 12.7. The van der Waals surface area contributed by atoms with E-state index in [0.717, 1.165) is 25.9 Å². The van der Waals surface area contributed by atoms with Gasteiger partial charge in [0.2, 0.25) is 0 Å². The second-order valence-electron chi connectivity index (χ2n) is 9.04. The van der Waals surface area contributed by atoms with Crippen LogP contribution in [0, 0.1) is 11.8 Å². The van der Waals surface area contributed by atoms with Crippen molar-refractivity contribution < 1.29 is 14.3 Å². The number of ether oxygens (including phenoxy) is 2. The molecule has 2 aliphatic rings. The summed E-state index contributed by atoms with van der Waals surface area (Å²) in [6.07, 6.45) is 7.80. The van der Waals surface area contributed by atoms with Crippen molar-refractivity contribution in [3.05, 3.63) is 35.4 Å². The number of anilines is 1. The first kappa shape index (κ1) is 24.0. The van der Waals surface area contributed by atoms with Gasteiger partial charge in [0.15, 0.2) is 0 Å². The number of carbonyl (C=O) groups is 1.